The molecule has 0 saturated carbocycles. The van der Waals surface area contributed by atoms with Gasteiger partial charge in [0.1, 0.15) is 4.88 Å². The Hall–Kier alpha value is -1.08. The highest BCUT2D eigenvalue weighted by molar-refractivity contribution is 7.16. The Kier molecular flexibility index (Phi) is 10.1. The second-order valence-corrected chi connectivity index (χ2v) is 5.04. The van der Waals surface area contributed by atoms with Gasteiger partial charge in [-0.25, -0.2) is 4.98 Å². The average Bonchev–Trinajstić information content (AvgIpc) is 3.08. The van der Waals surface area contributed by atoms with Crippen LogP contribution in [0.4, 0.5) is 0 Å². The number of nitrogens with one attached hydrogen (secondary N) is 2. The fourth-order valence-corrected chi connectivity index (χ4v) is 2.35. The van der Waals surface area contributed by atoms with Crippen molar-refractivity contribution in [3.63, 3.8) is 0 Å². The van der Waals surface area contributed by atoms with Crippen LogP contribution in [0, 0.1) is 0 Å². The van der Waals surface area contributed by atoms with Crippen LogP contribution in [-0.2, 0) is 0 Å². The minimum Gasteiger partial charge on any atom is -0.462 e. The lowest BCUT2D eigenvalue weighted by Gasteiger charge is -2.04. The Morgan fingerprint density at radius 2 is 2.14 bits per heavy atom. The Balaban J connectivity index is 0.00000200. The summed E-state index contributed by atoms with van der Waals surface area (Å²) < 4.78 is 5.24. The molecule has 0 spiro atoms. The van der Waals surface area contributed by atoms with Gasteiger partial charge in [0.25, 0.3) is 5.91 Å². The van der Waals surface area contributed by atoms with Crippen LogP contribution in [0.25, 0.3) is 10.8 Å². The summed E-state index contributed by atoms with van der Waals surface area (Å²) in [5.74, 6) is 0.599. The molecule has 1 amide bonds. The minimum atomic E-state index is -0.0893. The second-order valence-electron chi connectivity index (χ2n) is 4.01. The van der Waals surface area contributed by atoms with Crippen LogP contribution in [0.1, 0.15) is 23.0 Å². The van der Waals surface area contributed by atoms with E-state index in [9.17, 15) is 4.79 Å². The molecule has 8 heteroatoms. The number of amides is 1. The van der Waals surface area contributed by atoms with Crippen molar-refractivity contribution in [1.82, 2.24) is 15.6 Å². The van der Waals surface area contributed by atoms with Crippen molar-refractivity contribution in [3.8, 4) is 10.8 Å². The zero-order valence-electron chi connectivity index (χ0n) is 11.6. The van der Waals surface area contributed by atoms with Crippen LogP contribution in [-0.4, -0.2) is 30.5 Å². The largest absolute Gasteiger partial charge is 0.462 e. The van der Waals surface area contributed by atoms with Crippen molar-refractivity contribution in [1.29, 1.82) is 0 Å². The predicted octanol–water partition coefficient (Wildman–Crippen LogP) is 2.98. The number of halogens is 2. The minimum absolute atomic E-state index is 0. The monoisotopic (exact) mass is 351 g/mol. The van der Waals surface area contributed by atoms with Gasteiger partial charge in [-0.15, -0.1) is 36.2 Å². The first kappa shape index (κ1) is 19.9. The number of nitrogens with zero attached hydrogens (tertiary/aromatic N) is 1. The number of furan rings is 1. The molecule has 2 aromatic heterocycles. The molecule has 0 aliphatic carbocycles. The summed E-state index contributed by atoms with van der Waals surface area (Å²) in [4.78, 5) is 16.6. The first-order valence-electron chi connectivity index (χ1n) is 6.30. The molecule has 0 unspecified atom stereocenters. The van der Waals surface area contributed by atoms with Crippen LogP contribution in [0.3, 0.4) is 0 Å². The van der Waals surface area contributed by atoms with E-state index in [0.29, 0.717) is 17.2 Å². The number of aromatic nitrogens is 1. The zero-order chi connectivity index (χ0) is 13.5. The van der Waals surface area contributed by atoms with Gasteiger partial charge in [-0.3, -0.25) is 4.79 Å². The molecule has 0 aliphatic rings. The number of hydrogen-bond donors (Lipinski definition) is 2. The quantitative estimate of drug-likeness (QED) is 0.752. The second kappa shape index (κ2) is 10.6. The summed E-state index contributed by atoms with van der Waals surface area (Å²) in [6, 6.07) is 3.63. The molecule has 2 aromatic rings. The van der Waals surface area contributed by atoms with E-state index in [4.69, 9.17) is 4.42 Å². The number of carbonyl (C=O) groups is 1. The van der Waals surface area contributed by atoms with Crippen molar-refractivity contribution >= 4 is 42.1 Å². The van der Waals surface area contributed by atoms with Gasteiger partial charge in [0, 0.05) is 13.1 Å². The number of thiazole rings is 1. The van der Waals surface area contributed by atoms with E-state index in [-0.39, 0.29) is 30.7 Å². The molecule has 0 saturated heterocycles. The summed E-state index contributed by atoms with van der Waals surface area (Å²) in [5.41, 5.74) is 0. The molecular weight excluding hydrogens is 333 g/mol. The van der Waals surface area contributed by atoms with Gasteiger partial charge >= 0.3 is 0 Å². The number of rotatable bonds is 7. The fraction of sp³-hybridized carbons (Fsp3) is 0.385. The summed E-state index contributed by atoms with van der Waals surface area (Å²) in [6.07, 6.45) is 4.27. The summed E-state index contributed by atoms with van der Waals surface area (Å²) in [5, 5.41) is 6.80. The molecule has 2 N–H and O–H groups in total. The van der Waals surface area contributed by atoms with Crippen LogP contribution >= 0.6 is 36.2 Å². The molecule has 118 valence electrons. The summed E-state index contributed by atoms with van der Waals surface area (Å²) >= 11 is 1.33. The SMILES string of the molecule is CCCNCCNC(=O)c1cnc(-c2ccco2)s1.Cl.Cl. The lowest BCUT2D eigenvalue weighted by Crippen LogP contribution is -2.31. The van der Waals surface area contributed by atoms with E-state index in [1.165, 1.54) is 11.3 Å². The molecule has 0 radical (unpaired) electrons. The molecule has 0 fully saturated rings. The highest BCUT2D eigenvalue weighted by atomic mass is 35.5. The first-order valence-corrected chi connectivity index (χ1v) is 7.11. The highest BCUT2D eigenvalue weighted by Crippen LogP contribution is 2.25. The standard InChI is InChI=1S/C13H17N3O2S.2ClH/c1-2-5-14-6-7-15-12(17)11-9-16-13(19-11)10-4-3-8-18-10;;/h3-4,8-9,14H,2,5-7H2,1H3,(H,15,17);2*1H. The number of hydrogen-bond acceptors (Lipinski definition) is 5. The molecule has 0 aromatic carbocycles. The highest BCUT2D eigenvalue weighted by Gasteiger charge is 2.12. The van der Waals surface area contributed by atoms with Crippen LogP contribution in [0.5, 0.6) is 0 Å². The van der Waals surface area contributed by atoms with Gasteiger partial charge in [0.05, 0.1) is 12.5 Å². The van der Waals surface area contributed by atoms with E-state index < -0.39 is 0 Å². The maximum atomic E-state index is 11.9. The van der Waals surface area contributed by atoms with E-state index in [1.54, 1.807) is 18.5 Å². The molecule has 2 heterocycles. The molecule has 0 atom stereocenters. The molecule has 0 aliphatic heterocycles. The van der Waals surface area contributed by atoms with Crippen molar-refractivity contribution < 1.29 is 9.21 Å². The Morgan fingerprint density at radius 1 is 1.33 bits per heavy atom. The molecular formula is C13H19Cl2N3O2S. The van der Waals surface area contributed by atoms with Crippen LogP contribution in [0.2, 0.25) is 0 Å². The van der Waals surface area contributed by atoms with Crippen LogP contribution < -0.4 is 10.6 Å². The first-order chi connectivity index (χ1) is 9.31. The Morgan fingerprint density at radius 3 is 2.81 bits per heavy atom. The zero-order valence-corrected chi connectivity index (χ0v) is 14.1. The maximum Gasteiger partial charge on any atom is 0.263 e. The molecule has 2 rings (SSSR count). The smallest absolute Gasteiger partial charge is 0.263 e. The third-order valence-electron chi connectivity index (χ3n) is 2.48. The Bertz CT molecular complexity index is 517. The lowest BCUT2D eigenvalue weighted by atomic mass is 10.4. The third kappa shape index (κ3) is 6.05. The van der Waals surface area contributed by atoms with E-state index in [0.717, 1.165) is 24.5 Å². The number of carbonyl (C=O) groups excluding carboxylic acids is 1. The maximum absolute atomic E-state index is 11.9. The van der Waals surface area contributed by atoms with Gasteiger partial charge in [-0.1, -0.05) is 6.92 Å². The molecule has 0 bridgehead atoms. The predicted molar refractivity (Wildman–Crippen MR) is 89.8 cm³/mol. The van der Waals surface area contributed by atoms with Crippen molar-refractivity contribution in [3.05, 3.63) is 29.5 Å². The topological polar surface area (TPSA) is 67.2 Å². The average molecular weight is 352 g/mol. The van der Waals surface area contributed by atoms with Crippen molar-refractivity contribution in [2.45, 2.75) is 13.3 Å². The third-order valence-corrected chi connectivity index (χ3v) is 3.49. The van der Waals surface area contributed by atoms with Gasteiger partial charge in [-0.2, -0.15) is 0 Å². The van der Waals surface area contributed by atoms with Crippen LogP contribution in [0.15, 0.2) is 29.0 Å². The van der Waals surface area contributed by atoms with E-state index in [2.05, 4.69) is 22.5 Å². The van der Waals surface area contributed by atoms with E-state index in [1.807, 2.05) is 6.07 Å². The van der Waals surface area contributed by atoms with Gasteiger partial charge in [-0.05, 0) is 25.1 Å². The van der Waals surface area contributed by atoms with E-state index >= 15 is 0 Å². The fourth-order valence-electron chi connectivity index (χ4n) is 1.55. The lowest BCUT2D eigenvalue weighted by molar-refractivity contribution is 0.0958. The van der Waals surface area contributed by atoms with Gasteiger partial charge in [0.15, 0.2) is 10.8 Å². The van der Waals surface area contributed by atoms with Crippen molar-refractivity contribution in [2.75, 3.05) is 19.6 Å². The summed E-state index contributed by atoms with van der Waals surface area (Å²) in [7, 11) is 0. The molecule has 5 nitrogen and oxygen atoms in total. The summed E-state index contributed by atoms with van der Waals surface area (Å²) in [6.45, 7) is 4.48. The Labute approximate surface area is 140 Å². The molecule has 21 heavy (non-hydrogen) atoms. The normalized spacial score (nSPS) is 9.57. The van der Waals surface area contributed by atoms with Gasteiger partial charge in [0.2, 0.25) is 0 Å². The van der Waals surface area contributed by atoms with Gasteiger partial charge < -0.3 is 15.1 Å². The van der Waals surface area contributed by atoms with Crippen molar-refractivity contribution in [2.24, 2.45) is 0 Å².